The minimum Gasteiger partial charge on any atom is -0.352 e. The minimum absolute atomic E-state index is 0.0905. The van der Waals surface area contributed by atoms with Crippen LogP contribution >= 0.6 is 0 Å². The third-order valence-electron chi connectivity index (χ3n) is 4.77. The lowest BCUT2D eigenvalue weighted by molar-refractivity contribution is 0.0983. The molecule has 1 aromatic heterocycles. The van der Waals surface area contributed by atoms with Gasteiger partial charge in [-0.25, -0.2) is 18.4 Å². The molecule has 2 heterocycles. The van der Waals surface area contributed by atoms with E-state index >= 15 is 0 Å². The van der Waals surface area contributed by atoms with Crippen LogP contribution in [0, 0.1) is 0 Å². The number of para-hydroxylation sites is 1. The molecule has 1 fully saturated rings. The zero-order valence-electron chi connectivity index (χ0n) is 15.6. The van der Waals surface area contributed by atoms with E-state index in [4.69, 9.17) is 0 Å². The third-order valence-corrected chi connectivity index (χ3v) is 6.52. The fraction of sp³-hybridized carbons (Fsp3) is 0.421. The van der Waals surface area contributed by atoms with Gasteiger partial charge in [0.25, 0.3) is 5.91 Å². The van der Waals surface area contributed by atoms with Gasteiger partial charge in [0, 0.05) is 24.8 Å². The van der Waals surface area contributed by atoms with E-state index in [0.717, 1.165) is 5.69 Å². The van der Waals surface area contributed by atoms with Gasteiger partial charge >= 0.3 is 0 Å². The fourth-order valence-electron chi connectivity index (χ4n) is 3.40. The van der Waals surface area contributed by atoms with Crippen LogP contribution < -0.4 is 9.80 Å². The molecule has 144 valence electrons. The van der Waals surface area contributed by atoms with E-state index in [2.05, 4.69) is 9.97 Å². The summed E-state index contributed by atoms with van der Waals surface area (Å²) in [7, 11) is -2.98. The maximum Gasteiger partial charge on any atom is 0.278 e. The maximum absolute atomic E-state index is 12.8. The number of nitrogens with zero attached hydrogens (tertiary/aromatic N) is 4. The molecular weight excluding hydrogens is 364 g/mol. The average Bonchev–Trinajstić information content (AvgIpc) is 3.04. The molecule has 3 rings (SSSR count). The first-order valence-electron chi connectivity index (χ1n) is 9.11. The SMILES string of the molecule is CCN(C(=O)c1cnc(N(CC)C2CCS(=O)(=O)C2)cn1)c1ccccc1. The predicted octanol–water partition coefficient (Wildman–Crippen LogP) is 2.16. The zero-order valence-corrected chi connectivity index (χ0v) is 16.4. The molecule has 27 heavy (non-hydrogen) atoms. The van der Waals surface area contributed by atoms with Crippen LogP contribution in [0.2, 0.25) is 0 Å². The van der Waals surface area contributed by atoms with E-state index in [1.54, 1.807) is 11.1 Å². The van der Waals surface area contributed by atoms with Crippen molar-refractivity contribution in [1.29, 1.82) is 0 Å². The molecular formula is C19H24N4O3S. The Kier molecular flexibility index (Phi) is 5.74. The molecule has 1 saturated heterocycles. The van der Waals surface area contributed by atoms with Gasteiger partial charge < -0.3 is 9.80 Å². The summed E-state index contributed by atoms with van der Waals surface area (Å²) in [5.74, 6) is 0.731. The van der Waals surface area contributed by atoms with Crippen LogP contribution in [0.4, 0.5) is 11.5 Å². The van der Waals surface area contributed by atoms with Crippen molar-refractivity contribution >= 4 is 27.2 Å². The Hall–Kier alpha value is -2.48. The number of benzene rings is 1. The summed E-state index contributed by atoms with van der Waals surface area (Å²) >= 11 is 0. The summed E-state index contributed by atoms with van der Waals surface area (Å²) in [6.45, 7) is 5.02. The van der Waals surface area contributed by atoms with Crippen LogP contribution in [-0.4, -0.2) is 54.9 Å². The number of sulfone groups is 1. The van der Waals surface area contributed by atoms with Gasteiger partial charge in [-0.15, -0.1) is 0 Å². The lowest BCUT2D eigenvalue weighted by Crippen LogP contribution is -2.37. The molecule has 0 radical (unpaired) electrons. The van der Waals surface area contributed by atoms with Crippen molar-refractivity contribution in [3.05, 3.63) is 48.4 Å². The second-order valence-corrected chi connectivity index (χ2v) is 8.72. The molecule has 7 nitrogen and oxygen atoms in total. The Morgan fingerprint density at radius 1 is 1.11 bits per heavy atom. The quantitative estimate of drug-likeness (QED) is 0.754. The summed E-state index contributed by atoms with van der Waals surface area (Å²) < 4.78 is 23.5. The monoisotopic (exact) mass is 388 g/mol. The predicted molar refractivity (Wildman–Crippen MR) is 106 cm³/mol. The number of rotatable bonds is 6. The molecule has 1 atom stereocenters. The molecule has 1 aliphatic rings. The Balaban J connectivity index is 1.79. The van der Waals surface area contributed by atoms with Crippen molar-refractivity contribution in [1.82, 2.24) is 9.97 Å². The summed E-state index contributed by atoms with van der Waals surface area (Å²) in [6.07, 6.45) is 3.62. The van der Waals surface area contributed by atoms with Gasteiger partial charge in [-0.05, 0) is 32.4 Å². The first kappa shape index (κ1) is 19.3. The van der Waals surface area contributed by atoms with Gasteiger partial charge in [-0.1, -0.05) is 18.2 Å². The van der Waals surface area contributed by atoms with Crippen LogP contribution in [0.5, 0.6) is 0 Å². The van der Waals surface area contributed by atoms with Gasteiger partial charge in [0.15, 0.2) is 9.84 Å². The molecule has 1 amide bonds. The fourth-order valence-corrected chi connectivity index (χ4v) is 5.13. The first-order chi connectivity index (χ1) is 12.9. The van der Waals surface area contributed by atoms with Gasteiger partial charge in [-0.3, -0.25) is 4.79 Å². The zero-order chi connectivity index (χ0) is 19.4. The molecule has 0 N–H and O–H groups in total. The second kappa shape index (κ2) is 8.04. The summed E-state index contributed by atoms with van der Waals surface area (Å²) in [5.41, 5.74) is 1.07. The molecule has 0 bridgehead atoms. The number of hydrogen-bond donors (Lipinski definition) is 0. The highest BCUT2D eigenvalue weighted by Gasteiger charge is 2.32. The van der Waals surface area contributed by atoms with Crippen molar-refractivity contribution in [2.24, 2.45) is 0 Å². The van der Waals surface area contributed by atoms with E-state index in [9.17, 15) is 13.2 Å². The number of aromatic nitrogens is 2. The van der Waals surface area contributed by atoms with Crippen molar-refractivity contribution < 1.29 is 13.2 Å². The maximum atomic E-state index is 12.8. The first-order valence-corrected chi connectivity index (χ1v) is 10.9. The summed E-state index contributed by atoms with van der Waals surface area (Å²) in [6, 6.07) is 9.33. The molecule has 8 heteroatoms. The Bertz CT molecular complexity index is 885. The highest BCUT2D eigenvalue weighted by Crippen LogP contribution is 2.22. The van der Waals surface area contributed by atoms with Crippen LogP contribution in [0.1, 0.15) is 30.8 Å². The van der Waals surface area contributed by atoms with Gasteiger partial charge in [0.2, 0.25) is 0 Å². The van der Waals surface area contributed by atoms with E-state index in [0.29, 0.717) is 25.3 Å². The second-order valence-electron chi connectivity index (χ2n) is 6.49. The largest absolute Gasteiger partial charge is 0.352 e. The highest BCUT2D eigenvalue weighted by atomic mass is 32.2. The topological polar surface area (TPSA) is 83.5 Å². The van der Waals surface area contributed by atoms with Gasteiger partial charge in [-0.2, -0.15) is 0 Å². The normalized spacial score (nSPS) is 18.2. The lowest BCUT2D eigenvalue weighted by atomic mass is 10.2. The highest BCUT2D eigenvalue weighted by molar-refractivity contribution is 7.91. The summed E-state index contributed by atoms with van der Waals surface area (Å²) in [5, 5.41) is 0. The van der Waals surface area contributed by atoms with E-state index in [1.807, 2.05) is 49.1 Å². The minimum atomic E-state index is -2.98. The Morgan fingerprint density at radius 2 is 1.85 bits per heavy atom. The van der Waals surface area contributed by atoms with Gasteiger partial charge in [0.05, 0.1) is 23.9 Å². The Morgan fingerprint density at radius 3 is 2.37 bits per heavy atom. The number of amides is 1. The molecule has 0 saturated carbocycles. The van der Waals surface area contributed by atoms with Crippen molar-refractivity contribution in [3.63, 3.8) is 0 Å². The summed E-state index contributed by atoms with van der Waals surface area (Å²) in [4.78, 5) is 25.1. The number of hydrogen-bond acceptors (Lipinski definition) is 6. The van der Waals surface area contributed by atoms with E-state index in [1.165, 1.54) is 6.20 Å². The van der Waals surface area contributed by atoms with Crippen LogP contribution in [0.15, 0.2) is 42.7 Å². The average molecular weight is 388 g/mol. The van der Waals surface area contributed by atoms with E-state index < -0.39 is 9.84 Å². The molecule has 1 unspecified atom stereocenters. The van der Waals surface area contributed by atoms with Crippen molar-refractivity contribution in [2.45, 2.75) is 26.3 Å². The molecule has 1 aromatic carbocycles. The van der Waals surface area contributed by atoms with Crippen molar-refractivity contribution in [3.8, 4) is 0 Å². The third kappa shape index (κ3) is 4.27. The number of carbonyl (C=O) groups excluding carboxylic acids is 1. The van der Waals surface area contributed by atoms with E-state index in [-0.39, 0.29) is 29.1 Å². The molecule has 1 aliphatic heterocycles. The van der Waals surface area contributed by atoms with Crippen LogP contribution in [0.3, 0.4) is 0 Å². The lowest BCUT2D eigenvalue weighted by Gasteiger charge is -2.27. The standard InChI is InChI=1S/C19H24N4O3S/c1-3-22(16-10-11-27(25,26)14-16)18-13-20-17(12-21-18)19(24)23(4-2)15-8-6-5-7-9-15/h5-9,12-13,16H,3-4,10-11,14H2,1-2H3. The molecule has 0 aliphatic carbocycles. The van der Waals surface area contributed by atoms with Crippen LogP contribution in [-0.2, 0) is 9.84 Å². The smallest absolute Gasteiger partial charge is 0.278 e. The van der Waals surface area contributed by atoms with Crippen LogP contribution in [0.25, 0.3) is 0 Å². The number of anilines is 2. The van der Waals surface area contributed by atoms with Gasteiger partial charge in [0.1, 0.15) is 11.5 Å². The molecule has 2 aromatic rings. The van der Waals surface area contributed by atoms with Crippen molar-refractivity contribution in [2.75, 3.05) is 34.4 Å². The number of carbonyl (C=O) groups is 1. The molecule has 0 spiro atoms. The Labute approximate surface area is 160 Å².